The Morgan fingerprint density at radius 2 is 2.24 bits per heavy atom. The van der Waals surface area contributed by atoms with E-state index in [1.807, 2.05) is 6.92 Å². The lowest BCUT2D eigenvalue weighted by molar-refractivity contribution is -0.135. The number of hydroxylamine groups is 1. The highest BCUT2D eigenvalue weighted by molar-refractivity contribution is 8.04. The molecule has 2 N–H and O–H groups in total. The summed E-state index contributed by atoms with van der Waals surface area (Å²) >= 11 is 7.13. The minimum Gasteiger partial charge on any atom is -0.388 e. The fourth-order valence-electron chi connectivity index (χ4n) is 0.745. The molecule has 0 unspecified atom stereocenters. The number of thioether (sulfide) groups is 1. The van der Waals surface area contributed by atoms with E-state index in [2.05, 4.69) is 17.2 Å². The molecule has 17 heavy (non-hydrogen) atoms. The number of carbonyl (C=O) groups excluding carboxylic acids is 1. The van der Waals surface area contributed by atoms with Crippen molar-refractivity contribution in [1.29, 1.82) is 0 Å². The smallest absolute Gasteiger partial charge is 0.295 e. The molecule has 0 aliphatic heterocycles. The highest BCUT2D eigenvalue weighted by Crippen LogP contribution is 2.24. The van der Waals surface area contributed by atoms with Crippen molar-refractivity contribution in [3.63, 3.8) is 0 Å². The van der Waals surface area contributed by atoms with Crippen LogP contribution in [0, 0.1) is 0 Å². The van der Waals surface area contributed by atoms with Crippen LogP contribution in [0.4, 0.5) is 0 Å². The van der Waals surface area contributed by atoms with Crippen LogP contribution in [0.25, 0.3) is 0 Å². The monoisotopic (exact) mass is 280 g/mol. The molecule has 5 nitrogen and oxygen atoms in total. The summed E-state index contributed by atoms with van der Waals surface area (Å²) in [6.45, 7) is 8.24. The molecule has 0 heterocycles. The Labute approximate surface area is 110 Å². The van der Waals surface area contributed by atoms with Crippen molar-refractivity contribution < 1.29 is 14.7 Å². The molecule has 0 aromatic rings. The molecule has 0 rings (SSSR count). The third-order valence-corrected chi connectivity index (χ3v) is 2.66. The van der Waals surface area contributed by atoms with Gasteiger partial charge in [0, 0.05) is 0 Å². The molecule has 0 saturated heterocycles. The molecule has 0 bridgehead atoms. The van der Waals surface area contributed by atoms with Gasteiger partial charge in [-0.3, -0.25) is 14.6 Å². The number of rotatable bonds is 7. The third kappa shape index (κ3) is 7.38. The lowest BCUT2D eigenvalue weighted by Crippen LogP contribution is -2.33. The van der Waals surface area contributed by atoms with Gasteiger partial charge in [-0.2, -0.15) is 0 Å². The lowest BCUT2D eigenvalue weighted by atomic mass is 10.2. The molecular weight excluding hydrogens is 264 g/mol. The van der Waals surface area contributed by atoms with E-state index in [1.54, 1.807) is 13.8 Å². The van der Waals surface area contributed by atoms with E-state index in [-0.39, 0.29) is 16.7 Å². The number of nitrogens with one attached hydrogen (secondary N) is 1. The van der Waals surface area contributed by atoms with Crippen molar-refractivity contribution in [3.8, 4) is 0 Å². The molecule has 0 spiro atoms. The van der Waals surface area contributed by atoms with Crippen LogP contribution in [0.5, 0.6) is 0 Å². The van der Waals surface area contributed by atoms with Crippen molar-refractivity contribution in [2.75, 3.05) is 12.4 Å². The number of aliphatic imine (C=N–C) groups is 1. The van der Waals surface area contributed by atoms with Crippen LogP contribution < -0.4 is 5.48 Å². The minimum absolute atomic E-state index is 0.00858. The maximum Gasteiger partial charge on any atom is 0.295 e. The zero-order valence-corrected chi connectivity index (χ0v) is 11.7. The number of nitrogens with zero attached hydrogens (tertiary/aromatic N) is 1. The van der Waals surface area contributed by atoms with Crippen molar-refractivity contribution in [2.24, 2.45) is 4.99 Å². The van der Waals surface area contributed by atoms with Crippen molar-refractivity contribution in [3.05, 3.63) is 10.1 Å². The Morgan fingerprint density at radius 3 is 2.65 bits per heavy atom. The average molecular weight is 281 g/mol. The summed E-state index contributed by atoms with van der Waals surface area (Å²) in [5.41, 5.74) is 1.12. The quantitative estimate of drug-likeness (QED) is 0.423. The van der Waals surface area contributed by atoms with Gasteiger partial charge in [-0.15, -0.1) is 11.8 Å². The van der Waals surface area contributed by atoms with Crippen LogP contribution in [-0.4, -0.2) is 35.7 Å². The second kappa shape index (κ2) is 7.71. The van der Waals surface area contributed by atoms with Gasteiger partial charge in [-0.05, 0) is 26.3 Å². The molecule has 0 atom stereocenters. The van der Waals surface area contributed by atoms with Crippen LogP contribution >= 0.6 is 23.4 Å². The van der Waals surface area contributed by atoms with Crippen molar-refractivity contribution in [1.82, 2.24) is 5.48 Å². The Hall–Kier alpha value is -0.560. The lowest BCUT2D eigenvalue weighted by Gasteiger charge is -2.16. The summed E-state index contributed by atoms with van der Waals surface area (Å²) in [5.74, 6) is 0.130. The first-order chi connectivity index (χ1) is 7.81. The Balaban J connectivity index is 4.38. The van der Waals surface area contributed by atoms with Gasteiger partial charge in [0.15, 0.2) is 5.70 Å². The van der Waals surface area contributed by atoms with Crippen LogP contribution in [0.1, 0.15) is 20.8 Å². The first-order valence-corrected chi connectivity index (χ1v) is 6.32. The molecule has 7 heteroatoms. The van der Waals surface area contributed by atoms with Crippen LogP contribution in [-0.2, 0) is 9.63 Å². The van der Waals surface area contributed by atoms with Crippen molar-refractivity contribution in [2.45, 2.75) is 26.4 Å². The maximum atomic E-state index is 11.6. The minimum atomic E-state index is -1.03. The fraction of sp³-hybridized carbons (Fsp3) is 0.600. The molecule has 0 radical (unpaired) electrons. The third-order valence-electron chi connectivity index (χ3n) is 1.42. The van der Waals surface area contributed by atoms with Crippen LogP contribution in [0.3, 0.4) is 0 Å². The normalized spacial score (nSPS) is 13.0. The molecular formula is C10H17ClN2O3S. The summed E-state index contributed by atoms with van der Waals surface area (Å²) in [7, 11) is 0. The van der Waals surface area contributed by atoms with Gasteiger partial charge in [0.25, 0.3) is 5.91 Å². The summed E-state index contributed by atoms with van der Waals surface area (Å²) in [4.78, 5) is 19.9. The Kier molecular flexibility index (Phi) is 7.45. The van der Waals surface area contributed by atoms with Crippen molar-refractivity contribution >= 4 is 36.0 Å². The topological polar surface area (TPSA) is 70.9 Å². The van der Waals surface area contributed by atoms with Gasteiger partial charge in [0.05, 0.1) is 5.60 Å². The average Bonchev–Trinajstić information content (AvgIpc) is 2.17. The predicted molar refractivity (Wildman–Crippen MR) is 71.0 cm³/mol. The fourth-order valence-corrected chi connectivity index (χ4v) is 1.77. The number of aliphatic hydroxyl groups is 1. The van der Waals surface area contributed by atoms with Gasteiger partial charge in [-0.25, -0.2) is 5.48 Å². The van der Waals surface area contributed by atoms with E-state index in [0.29, 0.717) is 0 Å². The van der Waals surface area contributed by atoms with E-state index in [1.165, 1.54) is 11.8 Å². The van der Waals surface area contributed by atoms with E-state index in [9.17, 15) is 9.90 Å². The van der Waals surface area contributed by atoms with E-state index in [0.717, 1.165) is 5.75 Å². The Bertz CT molecular complexity index is 313. The number of hydrogen-bond acceptors (Lipinski definition) is 5. The Morgan fingerprint density at radius 1 is 1.65 bits per heavy atom. The number of amides is 1. The van der Waals surface area contributed by atoms with Gasteiger partial charge in [0.1, 0.15) is 11.0 Å². The number of carbonyl (C=O) groups is 1. The summed E-state index contributed by atoms with van der Waals surface area (Å²) in [6, 6.07) is 0. The SMILES string of the molecule is C=N/C(C(=O)NOCC(C)(C)O)=C(/Cl)SCC. The number of halogens is 1. The zero-order chi connectivity index (χ0) is 13.5. The maximum absolute atomic E-state index is 11.6. The largest absolute Gasteiger partial charge is 0.388 e. The van der Waals surface area contributed by atoms with Gasteiger partial charge >= 0.3 is 0 Å². The first-order valence-electron chi connectivity index (χ1n) is 4.95. The summed E-state index contributed by atoms with van der Waals surface area (Å²) < 4.78 is 0.256. The molecule has 0 aromatic heterocycles. The molecule has 0 aliphatic rings. The highest BCUT2D eigenvalue weighted by Gasteiger charge is 2.16. The molecule has 0 saturated carbocycles. The standard InChI is InChI=1S/C10H17ClN2O3S/c1-5-17-8(11)7(12-4)9(14)13-16-6-10(2,3)15/h15H,4-6H2,1-3H3,(H,13,14)/b8-7-. The molecule has 1 amide bonds. The van der Waals surface area contributed by atoms with Gasteiger partial charge in [0.2, 0.25) is 0 Å². The van der Waals surface area contributed by atoms with Crippen LogP contribution in [0.2, 0.25) is 0 Å². The second-order valence-electron chi connectivity index (χ2n) is 3.75. The zero-order valence-electron chi connectivity index (χ0n) is 10.1. The second-order valence-corrected chi connectivity index (χ2v) is 5.62. The van der Waals surface area contributed by atoms with E-state index < -0.39 is 11.5 Å². The van der Waals surface area contributed by atoms with Gasteiger partial charge < -0.3 is 5.11 Å². The van der Waals surface area contributed by atoms with Gasteiger partial charge in [-0.1, -0.05) is 18.5 Å². The molecule has 0 aromatic carbocycles. The number of hydrogen-bond donors (Lipinski definition) is 2. The highest BCUT2D eigenvalue weighted by atomic mass is 35.5. The predicted octanol–water partition coefficient (Wildman–Crippen LogP) is 1.67. The first kappa shape index (κ1) is 16.4. The summed E-state index contributed by atoms with van der Waals surface area (Å²) in [5, 5.41) is 9.37. The van der Waals surface area contributed by atoms with Crippen LogP contribution in [0.15, 0.2) is 15.1 Å². The molecule has 0 aliphatic carbocycles. The van der Waals surface area contributed by atoms with E-state index in [4.69, 9.17) is 16.4 Å². The molecule has 98 valence electrons. The summed E-state index contributed by atoms with van der Waals surface area (Å²) in [6.07, 6.45) is 0. The molecule has 0 fully saturated rings. The van der Waals surface area contributed by atoms with E-state index >= 15 is 0 Å².